The maximum Gasteiger partial charge on any atom is 0.333 e. The topological polar surface area (TPSA) is 170 Å². The zero-order chi connectivity index (χ0) is 28.3. The molecule has 2 unspecified atom stereocenters. The van der Waals surface area contributed by atoms with E-state index in [9.17, 15) is 18.8 Å². The van der Waals surface area contributed by atoms with E-state index in [-0.39, 0.29) is 28.8 Å². The first-order valence-corrected chi connectivity index (χ1v) is 12.5. The van der Waals surface area contributed by atoms with Crippen LogP contribution in [0.5, 0.6) is 0 Å². The van der Waals surface area contributed by atoms with Gasteiger partial charge in [-0.1, -0.05) is 0 Å². The normalized spacial score (nSPS) is 22.1. The molecule has 1 aliphatic heterocycles. The predicted octanol–water partition coefficient (Wildman–Crippen LogP) is 0.661. The number of anilines is 2. The molecule has 0 aromatic carbocycles. The Balaban J connectivity index is 1.20. The second-order valence-corrected chi connectivity index (χ2v) is 10.2. The summed E-state index contributed by atoms with van der Waals surface area (Å²) in [6.07, 6.45) is 7.40. The molecule has 1 saturated carbocycles. The number of halogens is 1. The second-order valence-electron chi connectivity index (χ2n) is 10.2. The van der Waals surface area contributed by atoms with Gasteiger partial charge in [0.1, 0.15) is 18.3 Å². The van der Waals surface area contributed by atoms with Crippen LogP contribution in [0.2, 0.25) is 0 Å². The molecular formula is C25H24FN11O3. The fourth-order valence-corrected chi connectivity index (χ4v) is 5.32. The Hall–Kier alpha value is -5.00. The SMILES string of the molecule is C[C@@H](C(=O)Nc1cncc(-c2cnc(N3CC4C(C3)C4(C)F)nc2)n1)n1cnc2c1c(=O)n(CC#N)c(=O)n2C. The van der Waals surface area contributed by atoms with Crippen LogP contribution in [0, 0.1) is 23.2 Å². The van der Waals surface area contributed by atoms with Gasteiger partial charge >= 0.3 is 5.69 Å². The summed E-state index contributed by atoms with van der Waals surface area (Å²) >= 11 is 0. The number of carbonyl (C=O) groups excluding carboxylic acids is 1. The quantitative estimate of drug-likeness (QED) is 0.363. The van der Waals surface area contributed by atoms with Crippen LogP contribution < -0.4 is 21.5 Å². The molecule has 4 aromatic heterocycles. The highest BCUT2D eigenvalue weighted by Crippen LogP contribution is 2.58. The Morgan fingerprint density at radius 2 is 1.90 bits per heavy atom. The number of nitriles is 1. The van der Waals surface area contributed by atoms with Crippen molar-refractivity contribution in [1.29, 1.82) is 5.26 Å². The largest absolute Gasteiger partial charge is 0.340 e. The highest BCUT2D eigenvalue weighted by atomic mass is 19.1. The van der Waals surface area contributed by atoms with Crippen molar-refractivity contribution in [1.82, 2.24) is 38.6 Å². The number of aryl methyl sites for hydroxylation is 1. The van der Waals surface area contributed by atoms with E-state index in [1.165, 1.54) is 30.3 Å². The van der Waals surface area contributed by atoms with Gasteiger partial charge in [0.15, 0.2) is 17.0 Å². The van der Waals surface area contributed by atoms with Crippen molar-refractivity contribution >= 4 is 28.8 Å². The van der Waals surface area contributed by atoms with Crippen molar-refractivity contribution in [2.75, 3.05) is 23.3 Å². The van der Waals surface area contributed by atoms with Crippen molar-refractivity contribution in [3.8, 4) is 17.3 Å². The zero-order valence-corrected chi connectivity index (χ0v) is 21.8. The number of hydrogen-bond donors (Lipinski definition) is 1. The highest BCUT2D eigenvalue weighted by molar-refractivity contribution is 5.93. The molecule has 1 saturated heterocycles. The maximum atomic E-state index is 14.1. The number of carbonyl (C=O) groups is 1. The fraction of sp³-hybridized carbons (Fsp3) is 0.400. The molecule has 4 aromatic rings. The third-order valence-corrected chi connectivity index (χ3v) is 7.85. The highest BCUT2D eigenvalue weighted by Gasteiger charge is 2.67. The third-order valence-electron chi connectivity index (χ3n) is 7.85. The molecule has 40 heavy (non-hydrogen) atoms. The third kappa shape index (κ3) is 3.91. The van der Waals surface area contributed by atoms with Gasteiger partial charge in [0.2, 0.25) is 11.9 Å². The lowest BCUT2D eigenvalue weighted by Crippen LogP contribution is -2.40. The van der Waals surface area contributed by atoms with Crippen LogP contribution in [-0.2, 0) is 18.4 Å². The van der Waals surface area contributed by atoms with E-state index in [2.05, 4.69) is 30.2 Å². The first kappa shape index (κ1) is 25.3. The molecule has 0 spiro atoms. The number of piperidine rings is 1. The Morgan fingerprint density at radius 3 is 2.58 bits per heavy atom. The van der Waals surface area contributed by atoms with E-state index in [0.717, 1.165) is 9.13 Å². The molecule has 0 radical (unpaired) electrons. The molecule has 14 nitrogen and oxygen atoms in total. The summed E-state index contributed by atoms with van der Waals surface area (Å²) in [6, 6.07) is 0.877. The summed E-state index contributed by atoms with van der Waals surface area (Å²) in [5.74, 6) is 0.228. The molecule has 1 aliphatic carbocycles. The van der Waals surface area contributed by atoms with Crippen LogP contribution in [0.15, 0.2) is 40.7 Å². The van der Waals surface area contributed by atoms with Gasteiger partial charge in [0, 0.05) is 49.9 Å². The van der Waals surface area contributed by atoms with Crippen molar-refractivity contribution in [3.05, 3.63) is 52.0 Å². The lowest BCUT2D eigenvalue weighted by molar-refractivity contribution is -0.118. The van der Waals surface area contributed by atoms with Crippen LogP contribution in [0.4, 0.5) is 16.2 Å². The van der Waals surface area contributed by atoms with E-state index < -0.39 is 35.4 Å². The van der Waals surface area contributed by atoms with Crippen LogP contribution in [0.25, 0.3) is 22.4 Å². The summed E-state index contributed by atoms with van der Waals surface area (Å²) < 4.78 is 17.4. The minimum absolute atomic E-state index is 0.0171. The predicted molar refractivity (Wildman–Crippen MR) is 140 cm³/mol. The lowest BCUT2D eigenvalue weighted by Gasteiger charge is -2.20. The molecule has 6 rings (SSSR count). The first-order chi connectivity index (χ1) is 19.1. The number of alkyl halides is 1. The number of nitrogens with zero attached hydrogens (tertiary/aromatic N) is 10. The Morgan fingerprint density at radius 1 is 1.20 bits per heavy atom. The molecule has 204 valence electrons. The number of rotatable bonds is 6. The summed E-state index contributed by atoms with van der Waals surface area (Å²) in [7, 11) is 1.44. The Bertz CT molecular complexity index is 1800. The minimum Gasteiger partial charge on any atom is -0.340 e. The molecule has 2 fully saturated rings. The summed E-state index contributed by atoms with van der Waals surface area (Å²) in [4.78, 5) is 62.1. The molecule has 15 heteroatoms. The van der Waals surface area contributed by atoms with E-state index >= 15 is 0 Å². The van der Waals surface area contributed by atoms with Crippen LogP contribution >= 0.6 is 0 Å². The molecular weight excluding hydrogens is 521 g/mol. The number of nitrogens with one attached hydrogen (secondary N) is 1. The van der Waals surface area contributed by atoms with Crippen LogP contribution in [0.1, 0.15) is 19.9 Å². The van der Waals surface area contributed by atoms with Gasteiger partial charge in [-0.25, -0.2) is 33.7 Å². The monoisotopic (exact) mass is 545 g/mol. The molecule has 5 heterocycles. The standard InChI is InChI=1S/C25H24FN11O3/c1-13(37-12-31-20-19(37)22(39)36(5-4-27)24(40)34(20)3)21(38)33-18-9-28-8-17(32-18)14-6-29-23(30-7-14)35-10-15-16(11-35)25(15,2)26/h6-9,12-13,15-16H,5,10-11H2,1-3H3,(H,32,33,38)/t13-,15?,16?,25?/m0/s1. The van der Waals surface area contributed by atoms with E-state index in [1.54, 1.807) is 32.3 Å². The minimum atomic E-state index is -1.09. The summed E-state index contributed by atoms with van der Waals surface area (Å²) in [6.45, 7) is 3.95. The van der Waals surface area contributed by atoms with E-state index in [0.29, 0.717) is 30.3 Å². The van der Waals surface area contributed by atoms with E-state index in [1.807, 2.05) is 4.90 Å². The number of aromatic nitrogens is 8. The van der Waals surface area contributed by atoms with Gasteiger partial charge in [0.25, 0.3) is 5.56 Å². The van der Waals surface area contributed by atoms with Gasteiger partial charge in [0.05, 0.1) is 30.5 Å². The summed E-state index contributed by atoms with van der Waals surface area (Å²) in [5, 5.41) is 11.7. The molecule has 3 atom stereocenters. The van der Waals surface area contributed by atoms with Gasteiger partial charge in [-0.05, 0) is 13.8 Å². The Labute approximate surface area is 225 Å². The molecule has 1 N–H and O–H groups in total. The smallest absolute Gasteiger partial charge is 0.333 e. The lowest BCUT2D eigenvalue weighted by atomic mass is 10.2. The number of imidazole rings is 1. The van der Waals surface area contributed by atoms with Gasteiger partial charge < -0.3 is 14.8 Å². The van der Waals surface area contributed by atoms with Gasteiger partial charge in [-0.3, -0.25) is 19.1 Å². The van der Waals surface area contributed by atoms with Crippen molar-refractivity contribution < 1.29 is 9.18 Å². The zero-order valence-electron chi connectivity index (χ0n) is 21.8. The molecule has 0 bridgehead atoms. The average molecular weight is 546 g/mol. The van der Waals surface area contributed by atoms with Crippen molar-refractivity contribution in [3.63, 3.8) is 0 Å². The molecule has 1 amide bonds. The van der Waals surface area contributed by atoms with Gasteiger partial charge in [-0.2, -0.15) is 5.26 Å². The van der Waals surface area contributed by atoms with Gasteiger partial charge in [-0.15, -0.1) is 0 Å². The maximum absolute atomic E-state index is 14.1. The second kappa shape index (κ2) is 9.04. The van der Waals surface area contributed by atoms with Crippen LogP contribution in [-0.4, -0.2) is 63.3 Å². The summed E-state index contributed by atoms with van der Waals surface area (Å²) in [5.41, 5.74) is -1.35. The number of hydrogen-bond acceptors (Lipinski definition) is 10. The van der Waals surface area contributed by atoms with Crippen molar-refractivity contribution in [2.24, 2.45) is 18.9 Å². The number of fused-ring (bicyclic) bond motifs is 2. The Kier molecular flexibility index (Phi) is 5.71. The van der Waals surface area contributed by atoms with E-state index in [4.69, 9.17) is 5.26 Å². The average Bonchev–Trinajstić information content (AvgIpc) is 3.38. The van der Waals surface area contributed by atoms with Crippen LogP contribution in [0.3, 0.4) is 0 Å². The first-order valence-electron chi connectivity index (χ1n) is 12.5. The number of amides is 1. The molecule has 2 aliphatic rings. The van der Waals surface area contributed by atoms with Crippen molar-refractivity contribution in [2.45, 2.75) is 32.1 Å². The fourth-order valence-electron chi connectivity index (χ4n) is 5.32.